The standard InChI is InChI=1S/C17H9Cl4F3O2/c18-12-5-8(1-3-10(12)16(25)26)2-4-11(17(22,23)24)9-6-13(19)15(21)14(20)7-9/h1-7,11H,(H,25,26)/t11-/m0/s1. The van der Waals surface area contributed by atoms with Crippen LogP contribution in [0.4, 0.5) is 13.2 Å². The molecule has 0 aliphatic rings. The molecule has 0 aromatic heterocycles. The lowest BCUT2D eigenvalue weighted by Crippen LogP contribution is -2.19. The van der Waals surface area contributed by atoms with Gasteiger partial charge in [-0.15, -0.1) is 0 Å². The van der Waals surface area contributed by atoms with E-state index in [1.54, 1.807) is 0 Å². The predicted octanol–water partition coefficient (Wildman–Crippen LogP) is 7.36. The molecule has 1 atom stereocenters. The molecule has 0 aliphatic carbocycles. The Kier molecular flexibility index (Phi) is 6.51. The zero-order chi connectivity index (χ0) is 19.6. The van der Waals surface area contributed by atoms with Crippen molar-refractivity contribution in [3.8, 4) is 0 Å². The summed E-state index contributed by atoms with van der Waals surface area (Å²) in [6.45, 7) is 0. The third kappa shape index (κ3) is 4.86. The van der Waals surface area contributed by atoms with Gasteiger partial charge in [0, 0.05) is 0 Å². The van der Waals surface area contributed by atoms with Crippen molar-refractivity contribution in [2.45, 2.75) is 12.1 Å². The number of carbonyl (C=O) groups is 1. The van der Waals surface area contributed by atoms with Gasteiger partial charge in [-0.1, -0.05) is 64.6 Å². The van der Waals surface area contributed by atoms with Crippen molar-refractivity contribution in [3.63, 3.8) is 0 Å². The van der Waals surface area contributed by atoms with Gasteiger partial charge in [-0.25, -0.2) is 4.79 Å². The Bertz CT molecular complexity index is 856. The summed E-state index contributed by atoms with van der Waals surface area (Å²) < 4.78 is 40.3. The molecule has 0 fully saturated rings. The summed E-state index contributed by atoms with van der Waals surface area (Å²) in [6.07, 6.45) is -2.52. The highest BCUT2D eigenvalue weighted by Gasteiger charge is 2.39. The van der Waals surface area contributed by atoms with E-state index in [9.17, 15) is 18.0 Å². The summed E-state index contributed by atoms with van der Waals surface area (Å²) in [4.78, 5) is 10.9. The molecule has 138 valence electrons. The van der Waals surface area contributed by atoms with Crippen LogP contribution in [0.15, 0.2) is 36.4 Å². The van der Waals surface area contributed by atoms with Crippen molar-refractivity contribution < 1.29 is 23.1 Å². The van der Waals surface area contributed by atoms with Gasteiger partial charge in [-0.3, -0.25) is 0 Å². The van der Waals surface area contributed by atoms with E-state index in [4.69, 9.17) is 51.5 Å². The minimum absolute atomic E-state index is 0.0296. The summed E-state index contributed by atoms with van der Waals surface area (Å²) >= 11 is 23.2. The molecule has 0 saturated carbocycles. The van der Waals surface area contributed by atoms with Crippen molar-refractivity contribution in [1.29, 1.82) is 0 Å². The molecule has 2 aromatic rings. The quantitative estimate of drug-likeness (QED) is 0.501. The Hall–Kier alpha value is -1.40. The summed E-state index contributed by atoms with van der Waals surface area (Å²) in [5, 5.41) is 8.62. The van der Waals surface area contributed by atoms with Gasteiger partial charge in [0.05, 0.1) is 31.6 Å². The molecule has 26 heavy (non-hydrogen) atoms. The molecule has 2 nitrogen and oxygen atoms in total. The Balaban J connectivity index is 2.42. The fourth-order valence-electron chi connectivity index (χ4n) is 2.18. The average Bonchev–Trinajstić information content (AvgIpc) is 2.51. The number of rotatable bonds is 4. The highest BCUT2D eigenvalue weighted by atomic mass is 35.5. The van der Waals surface area contributed by atoms with E-state index in [-0.39, 0.29) is 31.2 Å². The summed E-state index contributed by atoms with van der Waals surface area (Å²) in [5.74, 6) is -3.23. The summed E-state index contributed by atoms with van der Waals surface area (Å²) in [6, 6.07) is 6.01. The van der Waals surface area contributed by atoms with Gasteiger partial charge in [-0.05, 0) is 35.4 Å². The first kappa shape index (κ1) is 20.9. The van der Waals surface area contributed by atoms with Crippen molar-refractivity contribution in [1.82, 2.24) is 0 Å². The van der Waals surface area contributed by atoms with Gasteiger partial charge in [0.25, 0.3) is 0 Å². The van der Waals surface area contributed by atoms with Crippen LogP contribution in [0.1, 0.15) is 27.4 Å². The van der Waals surface area contributed by atoms with E-state index < -0.39 is 18.1 Å². The van der Waals surface area contributed by atoms with Crippen LogP contribution in [0.3, 0.4) is 0 Å². The first-order valence-electron chi connectivity index (χ1n) is 6.93. The third-order valence-electron chi connectivity index (χ3n) is 3.42. The number of carboxylic acid groups (broad SMARTS) is 1. The van der Waals surface area contributed by atoms with Crippen LogP contribution in [-0.2, 0) is 0 Å². The molecule has 0 radical (unpaired) electrons. The molecule has 0 heterocycles. The van der Waals surface area contributed by atoms with Crippen LogP contribution < -0.4 is 0 Å². The fourth-order valence-corrected chi connectivity index (χ4v) is 3.06. The number of aromatic carboxylic acids is 1. The second-order valence-corrected chi connectivity index (χ2v) is 6.82. The lowest BCUT2D eigenvalue weighted by Gasteiger charge is -2.18. The smallest absolute Gasteiger partial charge is 0.399 e. The zero-order valence-corrected chi connectivity index (χ0v) is 15.6. The monoisotopic (exact) mass is 442 g/mol. The van der Waals surface area contributed by atoms with Crippen LogP contribution in [0.5, 0.6) is 0 Å². The van der Waals surface area contributed by atoms with E-state index >= 15 is 0 Å². The maximum atomic E-state index is 13.4. The number of allylic oxidation sites excluding steroid dienone is 1. The molecule has 0 amide bonds. The molecule has 2 rings (SSSR count). The first-order valence-corrected chi connectivity index (χ1v) is 8.44. The van der Waals surface area contributed by atoms with E-state index in [1.165, 1.54) is 24.3 Å². The SMILES string of the molecule is O=C(O)c1ccc(C=C[C@@H](c2cc(Cl)c(Cl)c(Cl)c2)C(F)(F)F)cc1Cl. The number of alkyl halides is 3. The molecule has 2 aromatic carbocycles. The van der Waals surface area contributed by atoms with Gasteiger partial charge in [-0.2, -0.15) is 13.2 Å². The van der Waals surface area contributed by atoms with E-state index in [2.05, 4.69) is 0 Å². The Morgan fingerprint density at radius 2 is 1.58 bits per heavy atom. The van der Waals surface area contributed by atoms with E-state index in [1.807, 2.05) is 0 Å². The molecular formula is C17H9Cl4F3O2. The molecule has 0 aliphatic heterocycles. The lowest BCUT2D eigenvalue weighted by molar-refractivity contribution is -0.139. The maximum absolute atomic E-state index is 13.4. The van der Waals surface area contributed by atoms with Gasteiger partial charge in [0.1, 0.15) is 0 Å². The first-order chi connectivity index (χ1) is 12.0. The van der Waals surface area contributed by atoms with Gasteiger partial charge < -0.3 is 5.11 Å². The van der Waals surface area contributed by atoms with Crippen molar-refractivity contribution >= 4 is 58.4 Å². The van der Waals surface area contributed by atoms with E-state index in [0.717, 1.165) is 18.2 Å². The topological polar surface area (TPSA) is 37.3 Å². The van der Waals surface area contributed by atoms with E-state index in [0.29, 0.717) is 5.56 Å². The van der Waals surface area contributed by atoms with Gasteiger partial charge in [0.15, 0.2) is 0 Å². The lowest BCUT2D eigenvalue weighted by atomic mass is 9.97. The van der Waals surface area contributed by atoms with Crippen molar-refractivity contribution in [2.75, 3.05) is 0 Å². The van der Waals surface area contributed by atoms with Crippen LogP contribution >= 0.6 is 46.4 Å². The zero-order valence-electron chi connectivity index (χ0n) is 12.6. The minimum atomic E-state index is -4.61. The molecular weight excluding hydrogens is 435 g/mol. The molecule has 0 saturated heterocycles. The normalized spacial score (nSPS) is 13.2. The van der Waals surface area contributed by atoms with Crippen LogP contribution in [0.25, 0.3) is 6.08 Å². The average molecular weight is 444 g/mol. The largest absolute Gasteiger partial charge is 0.478 e. The second kappa shape index (κ2) is 8.09. The third-order valence-corrected chi connectivity index (χ3v) is 4.93. The van der Waals surface area contributed by atoms with Crippen LogP contribution in [-0.4, -0.2) is 17.3 Å². The van der Waals surface area contributed by atoms with Crippen molar-refractivity contribution in [2.24, 2.45) is 0 Å². The number of benzene rings is 2. The Morgan fingerprint density at radius 3 is 2.04 bits per heavy atom. The van der Waals surface area contributed by atoms with Gasteiger partial charge >= 0.3 is 12.1 Å². The maximum Gasteiger partial charge on any atom is 0.399 e. The van der Waals surface area contributed by atoms with Gasteiger partial charge in [0.2, 0.25) is 0 Å². The summed E-state index contributed by atoms with van der Waals surface area (Å²) in [7, 11) is 0. The molecule has 0 bridgehead atoms. The van der Waals surface area contributed by atoms with Crippen LogP contribution in [0, 0.1) is 0 Å². The number of carboxylic acids is 1. The Morgan fingerprint density at radius 1 is 1.00 bits per heavy atom. The highest BCUT2D eigenvalue weighted by Crippen LogP contribution is 2.41. The number of halogens is 7. The fraction of sp³-hybridized carbons (Fsp3) is 0.118. The second-order valence-electron chi connectivity index (χ2n) is 5.22. The molecule has 1 N–H and O–H groups in total. The molecule has 0 unspecified atom stereocenters. The summed E-state index contributed by atoms with van der Waals surface area (Å²) in [5.41, 5.74) is -0.0192. The molecule has 9 heteroatoms. The minimum Gasteiger partial charge on any atom is -0.478 e. The highest BCUT2D eigenvalue weighted by molar-refractivity contribution is 6.48. The Labute approximate surface area is 166 Å². The van der Waals surface area contributed by atoms with Crippen molar-refractivity contribution in [3.05, 3.63) is 73.2 Å². The number of hydrogen-bond acceptors (Lipinski definition) is 1. The molecule has 0 spiro atoms. The van der Waals surface area contributed by atoms with Crippen LogP contribution in [0.2, 0.25) is 20.1 Å². The number of hydrogen-bond donors (Lipinski definition) is 1. The predicted molar refractivity (Wildman–Crippen MR) is 97.7 cm³/mol.